The second-order valence-electron chi connectivity index (χ2n) is 6.13. The highest BCUT2D eigenvalue weighted by molar-refractivity contribution is 9.10. The number of carbonyl (C=O) groups excluding carboxylic acids is 2. The lowest BCUT2D eigenvalue weighted by molar-refractivity contribution is -0.150. The van der Waals surface area contributed by atoms with Crippen LogP contribution in [-0.4, -0.2) is 24.6 Å². The monoisotopic (exact) mass is 436 g/mol. The second kappa shape index (κ2) is 7.68. The van der Waals surface area contributed by atoms with Crippen molar-refractivity contribution in [2.24, 2.45) is 0 Å². The van der Waals surface area contributed by atoms with Crippen molar-refractivity contribution in [3.63, 3.8) is 0 Å². The zero-order valence-electron chi connectivity index (χ0n) is 14.2. The van der Waals surface area contributed by atoms with Gasteiger partial charge in [0, 0.05) is 20.9 Å². The van der Waals surface area contributed by atoms with E-state index >= 15 is 0 Å². The van der Waals surface area contributed by atoms with Crippen LogP contribution in [0.2, 0.25) is 5.02 Å². The largest absolute Gasteiger partial charge is 0.467 e. The molecule has 0 aliphatic heterocycles. The van der Waals surface area contributed by atoms with Crippen molar-refractivity contribution in [3.8, 4) is 0 Å². The van der Waals surface area contributed by atoms with Crippen molar-refractivity contribution < 1.29 is 14.3 Å². The quantitative estimate of drug-likeness (QED) is 0.666. The normalized spacial score (nSPS) is 14.9. The highest BCUT2D eigenvalue weighted by Crippen LogP contribution is 2.42. The number of ether oxygens (including phenoxy) is 1. The molecule has 1 N–H and O–H groups in total. The first-order chi connectivity index (χ1) is 12.5. The fourth-order valence-corrected chi connectivity index (χ4v) is 3.47. The van der Waals surface area contributed by atoms with Crippen molar-refractivity contribution in [2.75, 3.05) is 17.3 Å². The number of nitrogens with zero attached hydrogens (tertiary/aromatic N) is 1. The Morgan fingerprint density at radius 2 is 1.73 bits per heavy atom. The van der Waals surface area contributed by atoms with Gasteiger partial charge < -0.3 is 10.1 Å². The van der Waals surface area contributed by atoms with Gasteiger partial charge in [0.2, 0.25) is 0 Å². The molecule has 136 valence electrons. The number of amides is 2. The summed E-state index contributed by atoms with van der Waals surface area (Å²) < 4.78 is 5.92. The molecule has 1 aliphatic carbocycles. The number of hydrogen-bond acceptors (Lipinski definition) is 3. The van der Waals surface area contributed by atoms with E-state index in [0.717, 1.165) is 10.9 Å². The third kappa shape index (κ3) is 3.57. The number of esters is 1. The van der Waals surface area contributed by atoms with Gasteiger partial charge in [-0.25, -0.2) is 9.59 Å². The van der Waals surface area contributed by atoms with Crippen molar-refractivity contribution in [3.05, 3.63) is 58.0 Å². The highest BCUT2D eigenvalue weighted by Gasteiger charge is 2.53. The molecule has 0 spiro atoms. The van der Waals surface area contributed by atoms with Gasteiger partial charge in [0.05, 0.1) is 7.11 Å². The number of methoxy groups -OCH3 is 1. The summed E-state index contributed by atoms with van der Waals surface area (Å²) in [4.78, 5) is 27.1. The summed E-state index contributed by atoms with van der Waals surface area (Å²) in [7, 11) is 1.34. The number of anilines is 2. The fourth-order valence-electron chi connectivity index (χ4n) is 3.08. The molecule has 2 aromatic rings. The molecule has 1 saturated carbocycles. The summed E-state index contributed by atoms with van der Waals surface area (Å²) in [6.07, 6.45) is 1.96. The first kappa shape index (κ1) is 18.7. The molecule has 0 heterocycles. The Balaban J connectivity index is 1.97. The van der Waals surface area contributed by atoms with Crippen molar-refractivity contribution in [1.82, 2.24) is 0 Å². The predicted octanol–water partition coefficient (Wildman–Crippen LogP) is 5.24. The fraction of sp³-hybridized carbons (Fsp3) is 0.263. The highest BCUT2D eigenvalue weighted by atomic mass is 79.9. The number of urea groups is 1. The summed E-state index contributed by atoms with van der Waals surface area (Å²) >= 11 is 9.35. The first-order valence-electron chi connectivity index (χ1n) is 8.17. The van der Waals surface area contributed by atoms with Gasteiger partial charge in [0.1, 0.15) is 5.54 Å². The van der Waals surface area contributed by atoms with Crippen LogP contribution in [0.1, 0.15) is 19.3 Å². The van der Waals surface area contributed by atoms with Crippen molar-refractivity contribution >= 4 is 50.9 Å². The lowest BCUT2D eigenvalue weighted by Crippen LogP contribution is -2.63. The van der Waals surface area contributed by atoms with Crippen LogP contribution in [0, 0.1) is 0 Å². The minimum absolute atomic E-state index is 0.389. The van der Waals surface area contributed by atoms with Crippen molar-refractivity contribution in [2.45, 2.75) is 24.8 Å². The molecule has 0 radical (unpaired) electrons. The Labute approximate surface area is 165 Å². The number of nitrogens with one attached hydrogen (secondary N) is 1. The number of benzene rings is 2. The van der Waals surface area contributed by atoms with Crippen LogP contribution in [0.5, 0.6) is 0 Å². The van der Waals surface area contributed by atoms with E-state index in [1.54, 1.807) is 36.4 Å². The Morgan fingerprint density at radius 1 is 1.12 bits per heavy atom. The van der Waals surface area contributed by atoms with Gasteiger partial charge in [-0.05, 0) is 67.8 Å². The number of carbonyl (C=O) groups is 2. The zero-order chi connectivity index (χ0) is 18.7. The molecular weight excluding hydrogens is 420 g/mol. The second-order valence-corrected chi connectivity index (χ2v) is 7.48. The molecule has 2 amide bonds. The summed E-state index contributed by atoms with van der Waals surface area (Å²) in [5.41, 5.74) is 0.229. The van der Waals surface area contributed by atoms with Crippen LogP contribution in [0.25, 0.3) is 0 Å². The van der Waals surface area contributed by atoms with E-state index in [-0.39, 0.29) is 6.03 Å². The molecular formula is C19H18BrClN2O3. The van der Waals surface area contributed by atoms with Gasteiger partial charge >= 0.3 is 12.0 Å². The molecule has 26 heavy (non-hydrogen) atoms. The molecule has 1 aliphatic rings. The van der Waals surface area contributed by atoms with Crippen LogP contribution in [0.3, 0.4) is 0 Å². The van der Waals surface area contributed by atoms with Gasteiger partial charge in [0.15, 0.2) is 0 Å². The lowest BCUT2D eigenvalue weighted by Gasteiger charge is -2.47. The number of halogens is 2. The van der Waals surface area contributed by atoms with Crippen LogP contribution >= 0.6 is 27.5 Å². The molecule has 5 nitrogen and oxygen atoms in total. The molecule has 3 rings (SSSR count). The van der Waals surface area contributed by atoms with Crippen LogP contribution in [0.15, 0.2) is 53.0 Å². The van der Waals surface area contributed by atoms with E-state index in [4.69, 9.17) is 16.3 Å². The number of hydrogen-bond donors (Lipinski definition) is 1. The van der Waals surface area contributed by atoms with Gasteiger partial charge in [0.25, 0.3) is 0 Å². The van der Waals surface area contributed by atoms with Gasteiger partial charge in [-0.15, -0.1) is 0 Å². The summed E-state index contributed by atoms with van der Waals surface area (Å²) in [5, 5.41) is 3.42. The average Bonchev–Trinajstić information content (AvgIpc) is 2.60. The molecule has 1 fully saturated rings. The third-order valence-corrected chi connectivity index (χ3v) is 5.34. The Bertz CT molecular complexity index is 805. The van der Waals surface area contributed by atoms with Gasteiger partial charge in [-0.1, -0.05) is 27.5 Å². The van der Waals surface area contributed by atoms with E-state index in [9.17, 15) is 9.59 Å². The Morgan fingerprint density at radius 3 is 2.23 bits per heavy atom. The lowest BCUT2D eigenvalue weighted by atomic mass is 9.75. The average molecular weight is 438 g/mol. The van der Waals surface area contributed by atoms with E-state index in [2.05, 4.69) is 21.2 Å². The molecule has 2 aromatic carbocycles. The smallest absolute Gasteiger partial charge is 0.332 e. The molecule has 0 saturated heterocycles. The van der Waals surface area contributed by atoms with Crippen LogP contribution in [0.4, 0.5) is 16.2 Å². The van der Waals surface area contributed by atoms with Crippen LogP contribution < -0.4 is 10.2 Å². The minimum atomic E-state index is -0.998. The van der Waals surface area contributed by atoms with Crippen LogP contribution in [-0.2, 0) is 9.53 Å². The maximum absolute atomic E-state index is 13.1. The van der Waals surface area contributed by atoms with E-state index in [0.29, 0.717) is 29.2 Å². The molecule has 0 unspecified atom stereocenters. The van der Waals surface area contributed by atoms with Crippen molar-refractivity contribution in [1.29, 1.82) is 0 Å². The van der Waals surface area contributed by atoms with E-state index in [1.165, 1.54) is 12.0 Å². The first-order valence-corrected chi connectivity index (χ1v) is 9.34. The standard InChI is InChI=1S/C19H18BrClN2O3/c1-26-17(24)19(11-2-12-19)23(16-9-5-14(21)6-10-16)18(25)22-15-7-3-13(20)4-8-15/h3-10H,2,11-12H2,1H3,(H,22,25). The number of rotatable bonds is 4. The van der Waals surface area contributed by atoms with E-state index < -0.39 is 11.5 Å². The maximum Gasteiger partial charge on any atom is 0.332 e. The topological polar surface area (TPSA) is 58.6 Å². The predicted molar refractivity (Wildman–Crippen MR) is 106 cm³/mol. The van der Waals surface area contributed by atoms with Gasteiger partial charge in [-0.2, -0.15) is 0 Å². The summed E-state index contributed by atoms with van der Waals surface area (Å²) in [6.45, 7) is 0. The maximum atomic E-state index is 13.1. The molecule has 7 heteroatoms. The SMILES string of the molecule is COC(=O)C1(N(C(=O)Nc2ccc(Br)cc2)c2ccc(Cl)cc2)CCC1. The Hall–Kier alpha value is -2.05. The van der Waals surface area contributed by atoms with Gasteiger partial charge in [-0.3, -0.25) is 4.90 Å². The zero-order valence-corrected chi connectivity index (χ0v) is 16.5. The molecule has 0 bridgehead atoms. The molecule has 0 atom stereocenters. The summed E-state index contributed by atoms with van der Waals surface area (Å²) in [5.74, 6) is -0.412. The molecule has 0 aromatic heterocycles. The minimum Gasteiger partial charge on any atom is -0.467 e. The Kier molecular flexibility index (Phi) is 5.53. The third-order valence-electron chi connectivity index (χ3n) is 4.56. The van der Waals surface area contributed by atoms with E-state index in [1.807, 2.05) is 12.1 Å². The summed E-state index contributed by atoms with van der Waals surface area (Å²) in [6, 6.07) is 13.7.